The molecule has 0 aliphatic heterocycles. The van der Waals surface area contributed by atoms with Gasteiger partial charge in [0.2, 0.25) is 0 Å². The predicted octanol–water partition coefficient (Wildman–Crippen LogP) is 3.36. The van der Waals surface area contributed by atoms with Crippen molar-refractivity contribution in [1.82, 2.24) is 10.6 Å². The topological polar surface area (TPSA) is 76.7 Å². The van der Waals surface area contributed by atoms with Crippen molar-refractivity contribution in [2.24, 2.45) is 0 Å². The van der Waals surface area contributed by atoms with Crippen molar-refractivity contribution in [3.05, 3.63) is 35.9 Å². The minimum absolute atomic E-state index is 0.135. The number of nitrogens with one attached hydrogen (secondary N) is 2. The molecule has 2 rings (SSSR count). The fourth-order valence-corrected chi connectivity index (χ4v) is 2.68. The molecule has 2 N–H and O–H groups in total. The monoisotopic (exact) mass is 334 g/mol. The highest BCUT2D eigenvalue weighted by atomic mass is 16.6. The van der Waals surface area contributed by atoms with Crippen LogP contribution in [0.1, 0.15) is 45.6 Å². The third-order valence-corrected chi connectivity index (χ3v) is 3.73. The number of rotatable bonds is 4. The van der Waals surface area contributed by atoms with Gasteiger partial charge in [0.05, 0.1) is 12.1 Å². The van der Waals surface area contributed by atoms with E-state index in [1.807, 2.05) is 51.1 Å². The fourth-order valence-electron chi connectivity index (χ4n) is 2.68. The van der Waals surface area contributed by atoms with E-state index in [0.717, 1.165) is 24.8 Å². The molecule has 0 heterocycles. The third-order valence-electron chi connectivity index (χ3n) is 3.73. The summed E-state index contributed by atoms with van der Waals surface area (Å²) < 4.78 is 10.5. The molecule has 1 saturated carbocycles. The van der Waals surface area contributed by atoms with Gasteiger partial charge < -0.3 is 20.1 Å². The zero-order valence-electron chi connectivity index (χ0n) is 14.5. The lowest BCUT2D eigenvalue weighted by molar-refractivity contribution is 0.0495. The van der Waals surface area contributed by atoms with Crippen LogP contribution in [-0.2, 0) is 16.1 Å². The van der Waals surface area contributed by atoms with Gasteiger partial charge in [0, 0.05) is 0 Å². The Hall–Kier alpha value is -2.24. The highest BCUT2D eigenvalue weighted by Gasteiger charge is 2.31. The maximum atomic E-state index is 12.0. The Morgan fingerprint density at radius 3 is 2.21 bits per heavy atom. The van der Waals surface area contributed by atoms with E-state index in [-0.39, 0.29) is 18.7 Å². The highest BCUT2D eigenvalue weighted by molar-refractivity contribution is 5.70. The van der Waals surface area contributed by atoms with Gasteiger partial charge in [-0.15, -0.1) is 0 Å². The molecule has 1 fully saturated rings. The van der Waals surface area contributed by atoms with Gasteiger partial charge in [-0.3, -0.25) is 0 Å². The lowest BCUT2D eigenvalue weighted by atomic mass is 10.2. The number of hydrogen-bond acceptors (Lipinski definition) is 4. The second-order valence-corrected chi connectivity index (χ2v) is 7.00. The quantitative estimate of drug-likeness (QED) is 0.885. The van der Waals surface area contributed by atoms with E-state index in [1.54, 1.807) is 0 Å². The summed E-state index contributed by atoms with van der Waals surface area (Å²) in [6.45, 7) is 5.68. The van der Waals surface area contributed by atoms with Crippen molar-refractivity contribution < 1.29 is 19.1 Å². The number of carbonyl (C=O) groups excluding carboxylic acids is 2. The molecule has 6 heteroatoms. The van der Waals surface area contributed by atoms with E-state index in [4.69, 9.17) is 9.47 Å². The van der Waals surface area contributed by atoms with E-state index < -0.39 is 17.8 Å². The molecule has 6 nitrogen and oxygen atoms in total. The molecule has 0 bridgehead atoms. The molecule has 1 aliphatic rings. The largest absolute Gasteiger partial charge is 0.445 e. The Balaban J connectivity index is 1.78. The van der Waals surface area contributed by atoms with Gasteiger partial charge in [0.1, 0.15) is 12.2 Å². The van der Waals surface area contributed by atoms with E-state index in [9.17, 15) is 9.59 Å². The Kier molecular flexibility index (Phi) is 6.06. The first-order valence-electron chi connectivity index (χ1n) is 8.30. The molecule has 0 aromatic heterocycles. The minimum Gasteiger partial charge on any atom is -0.445 e. The molecule has 24 heavy (non-hydrogen) atoms. The zero-order chi connectivity index (χ0) is 17.6. The van der Waals surface area contributed by atoms with Crippen molar-refractivity contribution in [3.63, 3.8) is 0 Å². The first-order valence-corrected chi connectivity index (χ1v) is 8.30. The Bertz CT molecular complexity index is 554. The van der Waals surface area contributed by atoms with Gasteiger partial charge in [0.25, 0.3) is 0 Å². The maximum absolute atomic E-state index is 12.0. The van der Waals surface area contributed by atoms with E-state index in [0.29, 0.717) is 0 Å². The fraction of sp³-hybridized carbons (Fsp3) is 0.556. The van der Waals surface area contributed by atoms with E-state index >= 15 is 0 Å². The SMILES string of the molecule is CC(C)(C)OC(=O)NC1CCCC1NC(=O)OCc1ccccc1. The van der Waals surface area contributed by atoms with Crippen molar-refractivity contribution in [1.29, 1.82) is 0 Å². The van der Waals surface area contributed by atoms with Crippen LogP contribution in [0.25, 0.3) is 0 Å². The summed E-state index contributed by atoms with van der Waals surface area (Å²) in [5.74, 6) is 0. The second kappa shape index (κ2) is 8.04. The standard InChI is InChI=1S/C18H26N2O4/c1-18(2,3)24-17(22)20-15-11-7-10-14(15)19-16(21)23-12-13-8-5-4-6-9-13/h4-6,8-9,14-15H,7,10-12H2,1-3H3,(H,19,21)(H,20,22). The van der Waals surface area contributed by atoms with Crippen molar-refractivity contribution >= 4 is 12.2 Å². The molecule has 2 amide bonds. The van der Waals surface area contributed by atoms with Gasteiger partial charge >= 0.3 is 12.2 Å². The number of benzene rings is 1. The van der Waals surface area contributed by atoms with Crippen LogP contribution in [0.15, 0.2) is 30.3 Å². The normalized spacial score (nSPS) is 20.3. The number of carbonyl (C=O) groups is 2. The van der Waals surface area contributed by atoms with Gasteiger partial charge in [-0.1, -0.05) is 30.3 Å². The summed E-state index contributed by atoms with van der Waals surface area (Å²) in [6, 6.07) is 9.23. The molecule has 1 aliphatic carbocycles. The van der Waals surface area contributed by atoms with E-state index in [2.05, 4.69) is 10.6 Å². The summed E-state index contributed by atoms with van der Waals surface area (Å²) in [7, 11) is 0. The molecule has 132 valence electrons. The second-order valence-electron chi connectivity index (χ2n) is 7.00. The zero-order valence-corrected chi connectivity index (χ0v) is 14.5. The van der Waals surface area contributed by atoms with Gasteiger partial charge in [-0.25, -0.2) is 9.59 Å². The summed E-state index contributed by atoms with van der Waals surface area (Å²) in [5.41, 5.74) is 0.391. The van der Waals surface area contributed by atoms with Crippen molar-refractivity contribution in [2.75, 3.05) is 0 Å². The molecule has 1 aromatic carbocycles. The Morgan fingerprint density at radius 2 is 1.62 bits per heavy atom. The number of alkyl carbamates (subject to hydrolysis) is 2. The van der Waals surface area contributed by atoms with Crippen molar-refractivity contribution in [3.8, 4) is 0 Å². The van der Waals surface area contributed by atoms with Crippen LogP contribution in [0.5, 0.6) is 0 Å². The van der Waals surface area contributed by atoms with Crippen LogP contribution in [0, 0.1) is 0 Å². The molecule has 0 saturated heterocycles. The molecular weight excluding hydrogens is 308 g/mol. The number of amides is 2. The van der Waals surface area contributed by atoms with Gasteiger partial charge in [-0.2, -0.15) is 0 Å². The first kappa shape index (κ1) is 18.1. The highest BCUT2D eigenvalue weighted by Crippen LogP contribution is 2.20. The molecule has 0 radical (unpaired) electrons. The van der Waals surface area contributed by atoms with Crippen LogP contribution < -0.4 is 10.6 Å². The summed E-state index contributed by atoms with van der Waals surface area (Å²) in [6.07, 6.45) is 1.62. The van der Waals surface area contributed by atoms with Crippen LogP contribution in [0.4, 0.5) is 9.59 Å². The van der Waals surface area contributed by atoms with Crippen LogP contribution in [-0.4, -0.2) is 29.9 Å². The van der Waals surface area contributed by atoms with Crippen LogP contribution in [0.2, 0.25) is 0 Å². The van der Waals surface area contributed by atoms with E-state index in [1.165, 1.54) is 0 Å². The molecule has 0 spiro atoms. The molecular formula is C18H26N2O4. The minimum atomic E-state index is -0.541. The molecule has 2 atom stereocenters. The Labute approximate surface area is 142 Å². The lowest BCUT2D eigenvalue weighted by Gasteiger charge is -2.25. The summed E-state index contributed by atoms with van der Waals surface area (Å²) in [4.78, 5) is 23.8. The maximum Gasteiger partial charge on any atom is 0.407 e. The van der Waals surface area contributed by atoms with Crippen LogP contribution >= 0.6 is 0 Å². The predicted molar refractivity (Wildman–Crippen MR) is 90.6 cm³/mol. The molecule has 1 aromatic rings. The Morgan fingerprint density at radius 1 is 1.04 bits per heavy atom. The number of hydrogen-bond donors (Lipinski definition) is 2. The van der Waals surface area contributed by atoms with Gasteiger partial charge in [-0.05, 0) is 45.6 Å². The molecule has 2 unspecified atom stereocenters. The average Bonchev–Trinajstić information content (AvgIpc) is 2.91. The first-order chi connectivity index (χ1) is 11.3. The van der Waals surface area contributed by atoms with Crippen molar-refractivity contribution in [2.45, 2.75) is 64.3 Å². The summed E-state index contributed by atoms with van der Waals surface area (Å²) >= 11 is 0. The third kappa shape index (κ3) is 6.10. The smallest absolute Gasteiger partial charge is 0.407 e. The van der Waals surface area contributed by atoms with Crippen LogP contribution in [0.3, 0.4) is 0 Å². The summed E-state index contributed by atoms with van der Waals surface area (Å²) in [5, 5.41) is 5.67. The van der Waals surface area contributed by atoms with Gasteiger partial charge in [0.15, 0.2) is 0 Å². The average molecular weight is 334 g/mol. The number of ether oxygens (including phenoxy) is 2. The lowest BCUT2D eigenvalue weighted by Crippen LogP contribution is -2.49.